The van der Waals surface area contributed by atoms with Crippen LogP contribution in [0, 0.1) is 18.7 Å². The number of ether oxygens (including phenoxy) is 2. The molecule has 0 amide bonds. The second-order valence-electron chi connectivity index (χ2n) is 9.16. The minimum atomic E-state index is -1.23. The van der Waals surface area contributed by atoms with Crippen molar-refractivity contribution in [2.75, 3.05) is 6.61 Å². The number of carbonyl (C=O) groups excluding carboxylic acids is 2. The highest BCUT2D eigenvalue weighted by Gasteiger charge is 2.42. The van der Waals surface area contributed by atoms with Crippen molar-refractivity contribution in [2.45, 2.75) is 59.0 Å². The first-order chi connectivity index (χ1) is 16.0. The molecule has 2 aromatic rings. The molecule has 0 saturated carbocycles. The number of rotatable bonds is 4. The first-order valence-electron chi connectivity index (χ1n) is 11.2. The van der Waals surface area contributed by atoms with Crippen molar-refractivity contribution in [1.82, 2.24) is 0 Å². The Bertz CT molecular complexity index is 1230. The zero-order chi connectivity index (χ0) is 25.1. The van der Waals surface area contributed by atoms with Crippen LogP contribution in [0.1, 0.15) is 77.4 Å². The number of carbonyl (C=O) groups is 2. The van der Waals surface area contributed by atoms with Crippen LogP contribution in [-0.4, -0.2) is 44.2 Å². The summed E-state index contributed by atoms with van der Waals surface area (Å²) in [5, 5.41) is 43.1. The van der Waals surface area contributed by atoms with Gasteiger partial charge in [0.15, 0.2) is 23.1 Å². The highest BCUT2D eigenvalue weighted by atomic mass is 19.1. The van der Waals surface area contributed by atoms with Gasteiger partial charge in [0.1, 0.15) is 39.7 Å². The van der Waals surface area contributed by atoms with Gasteiger partial charge in [-0.1, -0.05) is 13.8 Å². The second-order valence-corrected chi connectivity index (χ2v) is 9.16. The van der Waals surface area contributed by atoms with Crippen molar-refractivity contribution in [3.05, 3.63) is 33.6 Å². The van der Waals surface area contributed by atoms with Gasteiger partial charge in [-0.25, -0.2) is 0 Å². The Morgan fingerprint density at radius 1 is 0.971 bits per heavy atom. The molecule has 182 valence electrons. The van der Waals surface area contributed by atoms with Crippen LogP contribution in [0.25, 0.3) is 0 Å². The van der Waals surface area contributed by atoms with Gasteiger partial charge >= 0.3 is 0 Å². The Labute approximate surface area is 195 Å². The summed E-state index contributed by atoms with van der Waals surface area (Å²) in [7, 11) is 0. The Hall–Kier alpha value is -3.49. The molecule has 0 saturated heterocycles. The molecule has 2 aliphatic rings. The van der Waals surface area contributed by atoms with E-state index in [1.54, 1.807) is 20.8 Å². The molecule has 9 heteroatoms. The number of Topliss-reactive ketones (excluding diaryl/α,β-unsaturated/α-hetero) is 2. The fourth-order valence-electron chi connectivity index (χ4n) is 4.56. The molecule has 0 bridgehead atoms. The van der Waals surface area contributed by atoms with Crippen molar-refractivity contribution >= 4 is 11.6 Å². The van der Waals surface area contributed by atoms with Gasteiger partial charge in [-0.15, -0.1) is 0 Å². The van der Waals surface area contributed by atoms with E-state index in [4.69, 9.17) is 9.47 Å². The molecular weight excluding hydrogens is 447 g/mol. The first kappa shape index (κ1) is 23.7. The van der Waals surface area contributed by atoms with E-state index < -0.39 is 69.4 Å². The molecular formula is C25H27FO8. The maximum Gasteiger partial charge on any atom is 0.207 e. The molecule has 2 unspecified atom stereocenters. The second kappa shape index (κ2) is 8.07. The molecule has 2 aromatic carbocycles. The SMILES string of the molecule is CCC1COc2c(C)c(O)c(Cc3c(O)c(F)c4c(c3O)C(=O)CC(C)(CC)O4)c(O)c2C1=O. The monoisotopic (exact) mass is 474 g/mol. The highest BCUT2D eigenvalue weighted by molar-refractivity contribution is 6.05. The summed E-state index contributed by atoms with van der Waals surface area (Å²) in [5.74, 6) is -5.82. The number of fused-ring (bicyclic) bond motifs is 2. The molecule has 4 rings (SSSR count). The molecule has 4 N–H and O–H groups in total. The minimum Gasteiger partial charge on any atom is -0.507 e. The molecule has 0 aliphatic carbocycles. The highest BCUT2D eigenvalue weighted by Crippen LogP contribution is 2.51. The number of aromatic hydroxyl groups is 4. The number of phenols is 4. The number of hydrogen-bond acceptors (Lipinski definition) is 8. The van der Waals surface area contributed by atoms with Crippen LogP contribution in [0.5, 0.6) is 34.5 Å². The number of hydrogen-bond donors (Lipinski definition) is 4. The fourth-order valence-corrected chi connectivity index (χ4v) is 4.56. The summed E-state index contributed by atoms with van der Waals surface area (Å²) in [5.41, 5.74) is -1.96. The molecule has 34 heavy (non-hydrogen) atoms. The maximum absolute atomic E-state index is 15.2. The van der Waals surface area contributed by atoms with Gasteiger partial charge in [0.25, 0.3) is 0 Å². The summed E-state index contributed by atoms with van der Waals surface area (Å²) in [6.07, 6.45) is 0.206. The van der Waals surface area contributed by atoms with Gasteiger partial charge in [-0.2, -0.15) is 4.39 Å². The van der Waals surface area contributed by atoms with Crippen LogP contribution >= 0.6 is 0 Å². The number of phenolic OH excluding ortho intramolecular Hbond substituents is 4. The summed E-state index contributed by atoms with van der Waals surface area (Å²) in [6.45, 7) is 6.80. The lowest BCUT2D eigenvalue weighted by Gasteiger charge is -2.35. The standard InChI is InChI=1S/C25H27FO8/c1-5-11-9-33-23-10(3)18(28)12(21(31)16(23)19(11)29)7-13-20(30)15-14(27)8-25(4,6-2)34-24(15)17(26)22(13)32/h11,28,30-32H,5-9H2,1-4H3. The van der Waals surface area contributed by atoms with Crippen LogP contribution in [0.4, 0.5) is 4.39 Å². The van der Waals surface area contributed by atoms with E-state index in [1.807, 2.05) is 0 Å². The summed E-state index contributed by atoms with van der Waals surface area (Å²) in [4.78, 5) is 25.7. The minimum absolute atomic E-state index is 0.0564. The number of benzene rings is 2. The van der Waals surface area contributed by atoms with Crippen LogP contribution in [-0.2, 0) is 6.42 Å². The summed E-state index contributed by atoms with van der Waals surface area (Å²) < 4.78 is 26.4. The van der Waals surface area contributed by atoms with Crippen molar-refractivity contribution in [1.29, 1.82) is 0 Å². The van der Waals surface area contributed by atoms with Crippen LogP contribution in [0.15, 0.2) is 0 Å². The molecule has 8 nitrogen and oxygen atoms in total. The van der Waals surface area contributed by atoms with Gasteiger partial charge in [-0.3, -0.25) is 9.59 Å². The Morgan fingerprint density at radius 3 is 2.21 bits per heavy atom. The van der Waals surface area contributed by atoms with Crippen LogP contribution < -0.4 is 9.47 Å². The summed E-state index contributed by atoms with van der Waals surface area (Å²) >= 11 is 0. The third-order valence-electron chi connectivity index (χ3n) is 6.98. The Kier molecular flexibility index (Phi) is 5.62. The maximum atomic E-state index is 15.2. The third kappa shape index (κ3) is 3.33. The van der Waals surface area contributed by atoms with Crippen molar-refractivity contribution in [2.24, 2.45) is 5.92 Å². The van der Waals surface area contributed by atoms with Gasteiger partial charge < -0.3 is 29.9 Å². The van der Waals surface area contributed by atoms with E-state index >= 15 is 4.39 Å². The van der Waals surface area contributed by atoms with Gasteiger partial charge in [0.05, 0.1) is 18.9 Å². The quantitative estimate of drug-likeness (QED) is 0.516. The molecule has 2 aliphatic heterocycles. The predicted octanol–water partition coefficient (Wildman–Crippen LogP) is 4.28. The van der Waals surface area contributed by atoms with Crippen molar-refractivity contribution < 1.29 is 43.9 Å². The largest absolute Gasteiger partial charge is 0.507 e. The lowest BCUT2D eigenvalue weighted by molar-refractivity contribution is 0.0458. The van der Waals surface area contributed by atoms with Gasteiger partial charge in [0.2, 0.25) is 5.82 Å². The smallest absolute Gasteiger partial charge is 0.207 e. The van der Waals surface area contributed by atoms with Crippen LogP contribution in [0.2, 0.25) is 0 Å². The lowest BCUT2D eigenvalue weighted by atomic mass is 9.85. The Balaban J connectivity index is 1.88. The average molecular weight is 474 g/mol. The molecule has 2 heterocycles. The van der Waals surface area contributed by atoms with E-state index in [2.05, 4.69) is 0 Å². The molecule has 0 radical (unpaired) electrons. The predicted molar refractivity (Wildman–Crippen MR) is 119 cm³/mol. The third-order valence-corrected chi connectivity index (χ3v) is 6.98. The Morgan fingerprint density at radius 2 is 1.59 bits per heavy atom. The van der Waals surface area contributed by atoms with Gasteiger partial charge in [-0.05, 0) is 26.7 Å². The van der Waals surface area contributed by atoms with E-state index in [0.717, 1.165) is 0 Å². The number of ketones is 2. The molecule has 0 fully saturated rings. The van der Waals surface area contributed by atoms with E-state index in [0.29, 0.717) is 12.8 Å². The normalized spacial score (nSPS) is 21.5. The zero-order valence-electron chi connectivity index (χ0n) is 19.4. The van der Waals surface area contributed by atoms with Gasteiger partial charge in [0, 0.05) is 23.1 Å². The zero-order valence-corrected chi connectivity index (χ0v) is 19.4. The lowest BCUT2D eigenvalue weighted by Crippen LogP contribution is -2.39. The first-order valence-corrected chi connectivity index (χ1v) is 11.2. The summed E-state index contributed by atoms with van der Waals surface area (Å²) in [6, 6.07) is 0. The molecule has 0 aromatic heterocycles. The van der Waals surface area contributed by atoms with Crippen molar-refractivity contribution in [3.63, 3.8) is 0 Å². The van der Waals surface area contributed by atoms with Crippen LogP contribution in [0.3, 0.4) is 0 Å². The number of halogens is 1. The molecule has 2 atom stereocenters. The van der Waals surface area contributed by atoms with E-state index in [1.165, 1.54) is 6.92 Å². The topological polar surface area (TPSA) is 134 Å². The van der Waals surface area contributed by atoms with E-state index in [-0.39, 0.29) is 41.3 Å². The molecule has 0 spiro atoms. The van der Waals surface area contributed by atoms with Crippen molar-refractivity contribution in [3.8, 4) is 34.5 Å². The fraction of sp³-hybridized carbons (Fsp3) is 0.440. The average Bonchev–Trinajstić information content (AvgIpc) is 2.80. The van der Waals surface area contributed by atoms with E-state index in [9.17, 15) is 30.0 Å².